The number of alkyl halides is 3. The predicted molar refractivity (Wildman–Crippen MR) is 68.9 cm³/mol. The molecule has 0 aromatic carbocycles. The van der Waals surface area contributed by atoms with Gasteiger partial charge < -0.3 is 10.1 Å². The molecule has 0 fully saturated rings. The highest BCUT2D eigenvalue weighted by Crippen LogP contribution is 2.20. The number of amides is 1. The molecule has 1 aromatic rings. The van der Waals surface area contributed by atoms with Crippen LogP contribution in [-0.2, 0) is 10.3 Å². The standard InChI is InChI=1S/C10H16F3N5O2S/c1-9(2,3)18-7(15-16-17-18)21-5-4-14-8(19)20-6-10(11,12)13/h4-6H2,1-3H3,(H,14,19). The van der Waals surface area contributed by atoms with E-state index >= 15 is 0 Å². The van der Waals surface area contributed by atoms with Crippen LogP contribution in [0.3, 0.4) is 0 Å². The summed E-state index contributed by atoms with van der Waals surface area (Å²) in [6.45, 7) is 4.33. The van der Waals surface area contributed by atoms with Crippen LogP contribution in [0.15, 0.2) is 5.16 Å². The van der Waals surface area contributed by atoms with E-state index in [1.165, 1.54) is 11.8 Å². The van der Waals surface area contributed by atoms with Gasteiger partial charge in [-0.15, -0.1) is 5.10 Å². The minimum Gasteiger partial charge on any atom is -0.440 e. The average Bonchev–Trinajstić information content (AvgIpc) is 2.79. The van der Waals surface area contributed by atoms with Gasteiger partial charge >= 0.3 is 12.3 Å². The smallest absolute Gasteiger partial charge is 0.422 e. The van der Waals surface area contributed by atoms with E-state index in [0.717, 1.165) is 0 Å². The van der Waals surface area contributed by atoms with Crippen LogP contribution in [-0.4, -0.2) is 51.4 Å². The molecule has 0 saturated heterocycles. The van der Waals surface area contributed by atoms with E-state index in [0.29, 0.717) is 10.9 Å². The molecule has 1 rings (SSSR count). The molecule has 0 aliphatic heterocycles. The lowest BCUT2D eigenvalue weighted by Crippen LogP contribution is -2.30. The minimum absolute atomic E-state index is 0.137. The van der Waals surface area contributed by atoms with Crippen molar-refractivity contribution in [1.82, 2.24) is 25.5 Å². The van der Waals surface area contributed by atoms with Crippen molar-refractivity contribution in [3.8, 4) is 0 Å². The summed E-state index contributed by atoms with van der Waals surface area (Å²) in [6, 6.07) is 0. The topological polar surface area (TPSA) is 81.9 Å². The van der Waals surface area contributed by atoms with Crippen LogP contribution >= 0.6 is 11.8 Å². The summed E-state index contributed by atoms with van der Waals surface area (Å²) in [5.74, 6) is 0.400. The predicted octanol–water partition coefficient (Wildman–Crippen LogP) is 1.81. The molecule has 120 valence electrons. The number of alkyl carbamates (subject to hydrolysis) is 1. The monoisotopic (exact) mass is 327 g/mol. The number of carbonyl (C=O) groups is 1. The lowest BCUT2D eigenvalue weighted by atomic mass is 10.1. The van der Waals surface area contributed by atoms with Crippen molar-refractivity contribution >= 4 is 17.9 Å². The second-order valence-corrected chi connectivity index (χ2v) is 6.07. The number of rotatable bonds is 5. The Morgan fingerprint density at radius 2 is 2.05 bits per heavy atom. The van der Waals surface area contributed by atoms with Gasteiger partial charge in [0.1, 0.15) is 0 Å². The fourth-order valence-corrected chi connectivity index (χ4v) is 2.10. The molecule has 1 aromatic heterocycles. The SMILES string of the molecule is CC(C)(C)n1nnnc1SCCNC(=O)OCC(F)(F)F. The molecule has 0 bridgehead atoms. The van der Waals surface area contributed by atoms with E-state index in [4.69, 9.17) is 0 Å². The van der Waals surface area contributed by atoms with Crippen LogP contribution in [0.1, 0.15) is 20.8 Å². The van der Waals surface area contributed by atoms with Gasteiger partial charge in [0, 0.05) is 12.3 Å². The van der Waals surface area contributed by atoms with Gasteiger partial charge in [-0.05, 0) is 31.2 Å². The quantitative estimate of drug-likeness (QED) is 0.656. The Morgan fingerprint density at radius 3 is 2.62 bits per heavy atom. The molecular weight excluding hydrogens is 311 g/mol. The molecule has 1 N–H and O–H groups in total. The first-order valence-electron chi connectivity index (χ1n) is 5.98. The van der Waals surface area contributed by atoms with Gasteiger partial charge in [0.2, 0.25) is 5.16 Å². The Kier molecular flexibility index (Phi) is 5.81. The number of tetrazole rings is 1. The van der Waals surface area contributed by atoms with Crippen LogP contribution in [0.5, 0.6) is 0 Å². The summed E-state index contributed by atoms with van der Waals surface area (Å²) in [4.78, 5) is 11.0. The second kappa shape index (κ2) is 6.96. The number of hydrogen-bond donors (Lipinski definition) is 1. The zero-order chi connectivity index (χ0) is 16.1. The van der Waals surface area contributed by atoms with E-state index in [2.05, 4.69) is 25.6 Å². The summed E-state index contributed by atoms with van der Waals surface area (Å²) in [5, 5.41) is 14.0. The van der Waals surface area contributed by atoms with E-state index in [-0.39, 0.29) is 12.1 Å². The Labute approximate surface area is 123 Å². The van der Waals surface area contributed by atoms with Crippen molar-refractivity contribution in [2.45, 2.75) is 37.6 Å². The molecule has 0 aliphatic carbocycles. The molecule has 0 radical (unpaired) electrons. The highest BCUT2D eigenvalue weighted by atomic mass is 32.2. The lowest BCUT2D eigenvalue weighted by molar-refractivity contribution is -0.160. The Hall–Kier alpha value is -1.52. The van der Waals surface area contributed by atoms with Gasteiger partial charge in [-0.2, -0.15) is 13.2 Å². The van der Waals surface area contributed by atoms with Crippen molar-refractivity contribution in [3.05, 3.63) is 0 Å². The molecule has 21 heavy (non-hydrogen) atoms. The molecule has 0 unspecified atom stereocenters. The van der Waals surface area contributed by atoms with Crippen LogP contribution in [0.2, 0.25) is 0 Å². The van der Waals surface area contributed by atoms with Gasteiger partial charge in [-0.25, -0.2) is 9.48 Å². The van der Waals surface area contributed by atoms with Gasteiger partial charge in [-0.3, -0.25) is 0 Å². The zero-order valence-electron chi connectivity index (χ0n) is 11.8. The number of aromatic nitrogens is 4. The molecule has 1 heterocycles. The second-order valence-electron chi connectivity index (χ2n) is 5.01. The van der Waals surface area contributed by atoms with Crippen molar-refractivity contribution in [1.29, 1.82) is 0 Å². The first-order valence-corrected chi connectivity index (χ1v) is 6.97. The summed E-state index contributed by atoms with van der Waals surface area (Å²) < 4.78 is 41.1. The molecule has 1 amide bonds. The van der Waals surface area contributed by atoms with E-state index in [1.54, 1.807) is 4.68 Å². The van der Waals surface area contributed by atoms with Crippen LogP contribution < -0.4 is 5.32 Å². The number of hydrogen-bond acceptors (Lipinski definition) is 6. The normalized spacial score (nSPS) is 12.3. The molecule has 0 atom stereocenters. The van der Waals surface area contributed by atoms with E-state index in [1.807, 2.05) is 20.8 Å². The first kappa shape index (κ1) is 17.5. The summed E-state index contributed by atoms with van der Waals surface area (Å²) in [5.41, 5.74) is -0.287. The Morgan fingerprint density at radius 1 is 1.38 bits per heavy atom. The number of ether oxygens (including phenoxy) is 1. The van der Waals surface area contributed by atoms with Crippen molar-refractivity contribution in [2.24, 2.45) is 0 Å². The number of nitrogens with zero attached hydrogens (tertiary/aromatic N) is 4. The van der Waals surface area contributed by atoms with Crippen molar-refractivity contribution in [3.63, 3.8) is 0 Å². The molecule has 0 spiro atoms. The third kappa shape index (κ3) is 6.65. The van der Waals surface area contributed by atoms with Gasteiger partial charge in [-0.1, -0.05) is 11.8 Å². The Bertz CT molecular complexity index is 472. The zero-order valence-corrected chi connectivity index (χ0v) is 12.6. The van der Waals surface area contributed by atoms with Crippen LogP contribution in [0.4, 0.5) is 18.0 Å². The maximum absolute atomic E-state index is 11.8. The Balaban J connectivity index is 2.29. The number of thioether (sulfide) groups is 1. The van der Waals surface area contributed by atoms with Gasteiger partial charge in [0.15, 0.2) is 6.61 Å². The van der Waals surface area contributed by atoms with Crippen molar-refractivity contribution in [2.75, 3.05) is 18.9 Å². The third-order valence-corrected chi connectivity index (χ3v) is 2.97. The van der Waals surface area contributed by atoms with Gasteiger partial charge in [0.05, 0.1) is 5.54 Å². The maximum Gasteiger partial charge on any atom is 0.422 e. The molecule has 0 aliphatic rings. The van der Waals surface area contributed by atoms with Crippen LogP contribution in [0.25, 0.3) is 0 Å². The fourth-order valence-electron chi connectivity index (χ4n) is 1.18. The molecule has 0 saturated carbocycles. The summed E-state index contributed by atoms with van der Waals surface area (Å²) >= 11 is 1.28. The number of halogens is 3. The lowest BCUT2D eigenvalue weighted by Gasteiger charge is -2.19. The van der Waals surface area contributed by atoms with Gasteiger partial charge in [0.25, 0.3) is 0 Å². The number of carbonyl (C=O) groups excluding carboxylic acids is 1. The molecule has 7 nitrogen and oxygen atoms in total. The van der Waals surface area contributed by atoms with E-state index < -0.39 is 18.9 Å². The van der Waals surface area contributed by atoms with E-state index in [9.17, 15) is 18.0 Å². The molecular formula is C10H16F3N5O2S. The maximum atomic E-state index is 11.8. The highest BCUT2D eigenvalue weighted by molar-refractivity contribution is 7.99. The third-order valence-electron chi connectivity index (χ3n) is 2.05. The largest absolute Gasteiger partial charge is 0.440 e. The van der Waals surface area contributed by atoms with Crippen molar-refractivity contribution < 1.29 is 22.7 Å². The summed E-state index contributed by atoms with van der Waals surface area (Å²) in [6.07, 6.45) is -5.63. The minimum atomic E-state index is -4.53. The summed E-state index contributed by atoms with van der Waals surface area (Å²) in [7, 11) is 0. The average molecular weight is 327 g/mol. The first-order chi connectivity index (χ1) is 9.59. The molecule has 11 heteroatoms. The fraction of sp³-hybridized carbons (Fsp3) is 0.800. The van der Waals surface area contributed by atoms with Crippen LogP contribution in [0, 0.1) is 0 Å². The highest BCUT2D eigenvalue weighted by Gasteiger charge is 2.29. The number of nitrogens with one attached hydrogen (secondary N) is 1.